The van der Waals surface area contributed by atoms with E-state index in [2.05, 4.69) is 4.74 Å². The number of aliphatic hydroxyl groups excluding tert-OH is 1. The summed E-state index contributed by atoms with van der Waals surface area (Å²) in [6.45, 7) is -1.06. The lowest BCUT2D eigenvalue weighted by Crippen LogP contribution is -2.31. The standard InChI is InChI=1S/C15H12F6N2O4/c1-27-14(26)6-5-23(2-3-24)13(25)12(6)22-8-4-7(16)9(15(19,20)21)11(18)10(8)17/h4,22,24H,2-3,5H2,1H3. The Morgan fingerprint density at radius 2 is 1.93 bits per heavy atom. The zero-order chi connectivity index (χ0) is 20.5. The Kier molecular flexibility index (Phi) is 5.68. The van der Waals surface area contributed by atoms with E-state index < -0.39 is 59.1 Å². The van der Waals surface area contributed by atoms with Crippen molar-refractivity contribution in [2.75, 3.05) is 32.1 Å². The molecule has 0 atom stereocenters. The largest absolute Gasteiger partial charge is 0.466 e. The van der Waals surface area contributed by atoms with Crippen LogP contribution in [0.15, 0.2) is 17.3 Å². The summed E-state index contributed by atoms with van der Waals surface area (Å²) in [5, 5.41) is 10.9. The van der Waals surface area contributed by atoms with Gasteiger partial charge in [-0.05, 0) is 0 Å². The van der Waals surface area contributed by atoms with Gasteiger partial charge in [0.15, 0.2) is 11.6 Å². The van der Waals surface area contributed by atoms with Crippen LogP contribution in [-0.2, 0) is 20.5 Å². The van der Waals surface area contributed by atoms with Gasteiger partial charge in [0.2, 0.25) is 0 Å². The van der Waals surface area contributed by atoms with Gasteiger partial charge in [0.1, 0.15) is 17.1 Å². The maximum Gasteiger partial charge on any atom is 0.422 e. The van der Waals surface area contributed by atoms with Crippen molar-refractivity contribution >= 4 is 17.6 Å². The molecule has 1 aliphatic heterocycles. The van der Waals surface area contributed by atoms with Crippen molar-refractivity contribution < 1.29 is 45.8 Å². The van der Waals surface area contributed by atoms with Crippen LogP contribution in [0.5, 0.6) is 0 Å². The summed E-state index contributed by atoms with van der Waals surface area (Å²) in [7, 11) is 0.976. The molecule has 0 fully saturated rings. The fourth-order valence-corrected chi connectivity index (χ4v) is 2.43. The molecule has 0 aromatic heterocycles. The summed E-state index contributed by atoms with van der Waals surface area (Å²) in [5.74, 6) is -8.66. The molecule has 1 amide bonds. The van der Waals surface area contributed by atoms with Crippen molar-refractivity contribution in [3.63, 3.8) is 0 Å². The van der Waals surface area contributed by atoms with Crippen LogP contribution in [0, 0.1) is 17.5 Å². The second kappa shape index (κ2) is 7.47. The van der Waals surface area contributed by atoms with E-state index in [1.807, 2.05) is 5.32 Å². The lowest BCUT2D eigenvalue weighted by atomic mass is 10.1. The lowest BCUT2D eigenvalue weighted by molar-refractivity contribution is -0.142. The number of ether oxygens (including phenoxy) is 1. The third kappa shape index (κ3) is 3.84. The van der Waals surface area contributed by atoms with Crippen LogP contribution >= 0.6 is 0 Å². The number of hydrogen-bond donors (Lipinski definition) is 2. The van der Waals surface area contributed by atoms with Gasteiger partial charge in [0, 0.05) is 12.6 Å². The van der Waals surface area contributed by atoms with Gasteiger partial charge in [-0.3, -0.25) is 4.79 Å². The van der Waals surface area contributed by atoms with Gasteiger partial charge < -0.3 is 20.1 Å². The Balaban J connectivity index is 2.50. The third-order valence-corrected chi connectivity index (χ3v) is 3.66. The van der Waals surface area contributed by atoms with Crippen molar-refractivity contribution in [2.24, 2.45) is 0 Å². The summed E-state index contributed by atoms with van der Waals surface area (Å²) >= 11 is 0. The van der Waals surface area contributed by atoms with E-state index >= 15 is 0 Å². The normalized spacial score (nSPS) is 14.8. The maximum atomic E-state index is 14.0. The van der Waals surface area contributed by atoms with Crippen LogP contribution in [0.25, 0.3) is 0 Å². The fourth-order valence-electron chi connectivity index (χ4n) is 2.43. The molecule has 2 N–H and O–H groups in total. The number of hydrogen-bond acceptors (Lipinski definition) is 5. The number of nitrogens with zero attached hydrogens (tertiary/aromatic N) is 1. The molecule has 27 heavy (non-hydrogen) atoms. The number of amides is 1. The highest BCUT2D eigenvalue weighted by atomic mass is 19.4. The van der Waals surface area contributed by atoms with Crippen LogP contribution in [0.4, 0.5) is 32.0 Å². The zero-order valence-electron chi connectivity index (χ0n) is 13.6. The average molecular weight is 398 g/mol. The van der Waals surface area contributed by atoms with Gasteiger partial charge in [0.25, 0.3) is 5.91 Å². The monoisotopic (exact) mass is 398 g/mol. The first-order chi connectivity index (χ1) is 12.5. The lowest BCUT2D eigenvalue weighted by Gasteiger charge is -2.16. The summed E-state index contributed by atoms with van der Waals surface area (Å²) < 4.78 is 83.7. The molecule has 2 rings (SSSR count). The first-order valence-electron chi connectivity index (χ1n) is 7.26. The first-order valence-corrected chi connectivity index (χ1v) is 7.26. The SMILES string of the molecule is COC(=O)C1=C(Nc2cc(F)c(C(F)(F)F)c(F)c2F)C(=O)N(CCO)C1. The molecule has 148 valence electrons. The number of anilines is 1. The topological polar surface area (TPSA) is 78.9 Å². The summed E-state index contributed by atoms with van der Waals surface area (Å²) in [4.78, 5) is 24.9. The fraction of sp³-hybridized carbons (Fsp3) is 0.333. The Bertz CT molecular complexity index is 822. The Morgan fingerprint density at radius 3 is 2.44 bits per heavy atom. The van der Waals surface area contributed by atoms with Crippen LogP contribution < -0.4 is 5.32 Å². The van der Waals surface area contributed by atoms with Gasteiger partial charge in [0.05, 0.1) is 31.5 Å². The van der Waals surface area contributed by atoms with Crippen LogP contribution in [-0.4, -0.2) is 48.7 Å². The number of rotatable bonds is 5. The minimum atomic E-state index is -5.48. The van der Waals surface area contributed by atoms with Crippen molar-refractivity contribution in [2.45, 2.75) is 6.18 Å². The van der Waals surface area contributed by atoms with Gasteiger partial charge in [-0.25, -0.2) is 18.0 Å². The molecule has 0 spiro atoms. The number of carbonyl (C=O) groups is 2. The highest BCUT2D eigenvalue weighted by molar-refractivity contribution is 6.08. The van der Waals surface area contributed by atoms with Crippen molar-refractivity contribution in [1.82, 2.24) is 4.90 Å². The molecule has 0 saturated carbocycles. The van der Waals surface area contributed by atoms with E-state index in [9.17, 15) is 35.9 Å². The number of nitrogens with one attached hydrogen (secondary N) is 1. The van der Waals surface area contributed by atoms with E-state index in [0.717, 1.165) is 12.0 Å². The van der Waals surface area contributed by atoms with E-state index in [0.29, 0.717) is 0 Å². The molecule has 1 aromatic carbocycles. The number of methoxy groups -OCH3 is 1. The first kappa shape index (κ1) is 20.6. The number of carbonyl (C=O) groups excluding carboxylic acids is 2. The minimum absolute atomic E-state index is 0.0190. The molecule has 0 saturated heterocycles. The molecule has 12 heteroatoms. The van der Waals surface area contributed by atoms with Gasteiger partial charge >= 0.3 is 12.1 Å². The second-order valence-corrected chi connectivity index (χ2v) is 5.33. The van der Waals surface area contributed by atoms with E-state index in [-0.39, 0.29) is 24.7 Å². The molecule has 1 heterocycles. The van der Waals surface area contributed by atoms with Gasteiger partial charge in [-0.15, -0.1) is 0 Å². The predicted molar refractivity (Wildman–Crippen MR) is 77.6 cm³/mol. The average Bonchev–Trinajstić information content (AvgIpc) is 2.87. The van der Waals surface area contributed by atoms with Gasteiger partial charge in [-0.2, -0.15) is 13.2 Å². The smallest absolute Gasteiger partial charge is 0.422 e. The van der Waals surface area contributed by atoms with E-state index in [1.165, 1.54) is 0 Å². The van der Waals surface area contributed by atoms with Crippen molar-refractivity contribution in [3.8, 4) is 0 Å². The zero-order valence-corrected chi connectivity index (χ0v) is 13.6. The molecule has 0 radical (unpaired) electrons. The summed E-state index contributed by atoms with van der Waals surface area (Å²) in [6, 6.07) is 0.0190. The summed E-state index contributed by atoms with van der Waals surface area (Å²) in [6.07, 6.45) is -5.48. The Hall–Kier alpha value is -2.76. The van der Waals surface area contributed by atoms with E-state index in [4.69, 9.17) is 5.11 Å². The number of alkyl halides is 3. The highest BCUT2D eigenvalue weighted by Gasteiger charge is 2.41. The Labute approximate surface area is 148 Å². The minimum Gasteiger partial charge on any atom is -0.466 e. The van der Waals surface area contributed by atoms with Crippen LogP contribution in [0.2, 0.25) is 0 Å². The highest BCUT2D eigenvalue weighted by Crippen LogP contribution is 2.37. The maximum absolute atomic E-state index is 14.0. The Morgan fingerprint density at radius 1 is 1.30 bits per heavy atom. The van der Waals surface area contributed by atoms with Crippen molar-refractivity contribution in [3.05, 3.63) is 40.4 Å². The molecule has 6 nitrogen and oxygen atoms in total. The number of halogens is 6. The van der Waals surface area contributed by atoms with Gasteiger partial charge in [-0.1, -0.05) is 0 Å². The van der Waals surface area contributed by atoms with E-state index in [1.54, 1.807) is 0 Å². The van der Waals surface area contributed by atoms with Crippen LogP contribution in [0.3, 0.4) is 0 Å². The molecule has 1 aromatic rings. The molecule has 0 aliphatic carbocycles. The molecule has 0 unspecified atom stereocenters. The number of β-amino-alcohol motifs (C(OH)–C–C–N with tert-alkyl or cyclic N) is 1. The quantitative estimate of drug-likeness (QED) is 0.449. The predicted octanol–water partition coefficient (Wildman–Crippen LogP) is 1.80. The van der Waals surface area contributed by atoms with Crippen LogP contribution in [0.1, 0.15) is 5.56 Å². The number of aliphatic hydroxyl groups is 1. The molecular formula is C15H12F6N2O4. The summed E-state index contributed by atoms with van der Waals surface area (Å²) in [5.41, 5.74) is -4.52. The third-order valence-electron chi connectivity index (χ3n) is 3.66. The molecule has 0 bridgehead atoms. The van der Waals surface area contributed by atoms with Crippen molar-refractivity contribution in [1.29, 1.82) is 0 Å². The number of benzene rings is 1. The molecule has 1 aliphatic rings. The second-order valence-electron chi connectivity index (χ2n) is 5.33. The molecular weight excluding hydrogens is 386 g/mol. The number of esters is 1.